The number of carbonyl (C=O) groups is 2. The van der Waals surface area contributed by atoms with Crippen molar-refractivity contribution in [2.45, 2.75) is 13.8 Å². The second-order valence-corrected chi connectivity index (χ2v) is 3.51. The summed E-state index contributed by atoms with van der Waals surface area (Å²) in [6.07, 6.45) is 0. The van der Waals surface area contributed by atoms with E-state index in [-0.39, 0.29) is 11.9 Å². The first-order chi connectivity index (χ1) is 4.13. The molecule has 9 heavy (non-hydrogen) atoms. The van der Waals surface area contributed by atoms with Crippen LogP contribution in [0.5, 0.6) is 0 Å². The number of carbonyl (C=O) groups excluding carboxylic acids is 2. The Morgan fingerprint density at radius 3 is 1.67 bits per heavy atom. The molecule has 0 N–H and O–H groups in total. The Bertz CT molecular complexity index is 108. The molecule has 0 spiro atoms. The first-order valence-electron chi connectivity index (χ1n) is 2.22. The second kappa shape index (κ2) is 4.71. The molecule has 0 aliphatic rings. The van der Waals surface area contributed by atoms with Crippen molar-refractivity contribution in [3.63, 3.8) is 0 Å². The van der Waals surface area contributed by atoms with E-state index in [1.54, 1.807) is 0 Å². The van der Waals surface area contributed by atoms with Gasteiger partial charge >= 0.3 is 65.9 Å². The predicted molar refractivity (Wildman–Crippen MR) is 29.3 cm³/mol. The van der Waals surface area contributed by atoms with Crippen molar-refractivity contribution in [1.82, 2.24) is 0 Å². The molecular formula is C4H6O4Pb+2. The van der Waals surface area contributed by atoms with Gasteiger partial charge in [-0.05, 0) is 0 Å². The van der Waals surface area contributed by atoms with E-state index in [4.69, 9.17) is 0 Å². The molecule has 0 fully saturated rings. The zero-order valence-corrected chi connectivity index (χ0v) is 9.02. The van der Waals surface area contributed by atoms with Crippen molar-refractivity contribution in [3.8, 4) is 0 Å². The van der Waals surface area contributed by atoms with Crippen LogP contribution >= 0.6 is 0 Å². The Morgan fingerprint density at radius 2 is 1.44 bits per heavy atom. The first-order valence-corrected chi connectivity index (χ1v) is 5.40. The fourth-order valence-electron chi connectivity index (χ4n) is 0.138. The van der Waals surface area contributed by atoms with Gasteiger partial charge in [-0.2, -0.15) is 0 Å². The third-order valence-corrected chi connectivity index (χ3v) is 3.25. The number of rotatable bonds is 2. The molecule has 5 heteroatoms. The molecule has 0 unspecified atom stereocenters. The van der Waals surface area contributed by atoms with Crippen LogP contribution in [0.15, 0.2) is 0 Å². The van der Waals surface area contributed by atoms with Crippen LogP contribution in [0.3, 0.4) is 0 Å². The zero-order chi connectivity index (χ0) is 7.28. The molecule has 0 aromatic heterocycles. The van der Waals surface area contributed by atoms with Crippen LogP contribution in [-0.4, -0.2) is 37.1 Å². The van der Waals surface area contributed by atoms with E-state index < -0.39 is 25.1 Å². The third-order valence-electron chi connectivity index (χ3n) is 0.371. The van der Waals surface area contributed by atoms with Crippen molar-refractivity contribution in [2.24, 2.45) is 0 Å². The third kappa shape index (κ3) is 7.86. The molecular weight excluding hydrogens is 319 g/mol. The molecule has 0 heterocycles. The van der Waals surface area contributed by atoms with Gasteiger partial charge in [0.05, 0.1) is 0 Å². The van der Waals surface area contributed by atoms with Crippen LogP contribution in [0.25, 0.3) is 0 Å². The van der Waals surface area contributed by atoms with Gasteiger partial charge in [-0.3, -0.25) is 0 Å². The molecule has 0 atom stereocenters. The molecule has 0 saturated carbocycles. The van der Waals surface area contributed by atoms with Gasteiger partial charge in [0.1, 0.15) is 0 Å². The molecule has 4 nitrogen and oxygen atoms in total. The van der Waals surface area contributed by atoms with Crippen molar-refractivity contribution in [2.75, 3.05) is 0 Å². The summed E-state index contributed by atoms with van der Waals surface area (Å²) in [6.45, 7) is 2.58. The van der Waals surface area contributed by atoms with Crippen LogP contribution in [-0.2, 0) is 15.0 Å². The topological polar surface area (TPSA) is 52.6 Å². The van der Waals surface area contributed by atoms with Gasteiger partial charge in [-0.15, -0.1) is 0 Å². The minimum atomic E-state index is -1.82. The quantitative estimate of drug-likeness (QED) is 0.651. The maximum absolute atomic E-state index is 10.1. The summed E-state index contributed by atoms with van der Waals surface area (Å²) < 4.78 is 8.93. The molecule has 0 aromatic carbocycles. The standard InChI is InChI=1S/2C2H4O2.Pb/c2*1-2(3)4;/h2*1H3,(H,3,4);/q;;+4/p-2. The summed E-state index contributed by atoms with van der Waals surface area (Å²) in [4.78, 5) is 20.1. The van der Waals surface area contributed by atoms with Gasteiger partial charge in [0.15, 0.2) is 0 Å². The van der Waals surface area contributed by atoms with Crippen LogP contribution in [0.2, 0.25) is 0 Å². The van der Waals surface area contributed by atoms with Crippen LogP contribution in [0.1, 0.15) is 13.8 Å². The number of hydrogen-bond acceptors (Lipinski definition) is 4. The minimum absolute atomic E-state index is 0.375. The van der Waals surface area contributed by atoms with Gasteiger partial charge in [0, 0.05) is 0 Å². The molecule has 0 radical (unpaired) electrons. The molecule has 0 amide bonds. The molecule has 0 saturated heterocycles. The van der Waals surface area contributed by atoms with Gasteiger partial charge < -0.3 is 0 Å². The SMILES string of the molecule is CC(=O)[O][Pb+2][O]C(C)=O. The first kappa shape index (κ1) is 8.86. The Labute approximate surface area is 66.0 Å². The maximum atomic E-state index is 10.1. The van der Waals surface area contributed by atoms with Crippen LogP contribution < -0.4 is 0 Å². The molecule has 0 rings (SSSR count). The van der Waals surface area contributed by atoms with Crippen LogP contribution in [0.4, 0.5) is 0 Å². The molecule has 48 valence electrons. The van der Waals surface area contributed by atoms with Gasteiger partial charge in [-0.25, -0.2) is 0 Å². The van der Waals surface area contributed by atoms with E-state index >= 15 is 0 Å². The van der Waals surface area contributed by atoms with Crippen molar-refractivity contribution >= 4 is 37.1 Å². The van der Waals surface area contributed by atoms with Crippen molar-refractivity contribution in [3.05, 3.63) is 0 Å². The van der Waals surface area contributed by atoms with E-state index in [1.807, 2.05) is 0 Å². The van der Waals surface area contributed by atoms with Gasteiger partial charge in [-0.1, -0.05) is 0 Å². The summed E-state index contributed by atoms with van der Waals surface area (Å²) in [6, 6.07) is 0. The fraction of sp³-hybridized carbons (Fsp3) is 0.500. The van der Waals surface area contributed by atoms with Crippen LogP contribution in [0, 0.1) is 0 Å². The fourth-order valence-corrected chi connectivity index (χ4v) is 1.21. The van der Waals surface area contributed by atoms with E-state index in [0.29, 0.717) is 0 Å². The molecule has 0 aliphatic carbocycles. The van der Waals surface area contributed by atoms with E-state index in [9.17, 15) is 9.59 Å². The summed E-state index contributed by atoms with van der Waals surface area (Å²) in [5.74, 6) is -0.751. The summed E-state index contributed by atoms with van der Waals surface area (Å²) in [5.41, 5.74) is 0. The zero-order valence-electron chi connectivity index (χ0n) is 5.13. The summed E-state index contributed by atoms with van der Waals surface area (Å²) in [5, 5.41) is 0. The Morgan fingerprint density at radius 1 is 1.11 bits per heavy atom. The Kier molecular flexibility index (Phi) is 4.64. The summed E-state index contributed by atoms with van der Waals surface area (Å²) >= 11 is -1.82. The van der Waals surface area contributed by atoms with Crippen molar-refractivity contribution in [1.29, 1.82) is 0 Å². The van der Waals surface area contributed by atoms with E-state index in [1.165, 1.54) is 13.8 Å². The molecule has 0 aromatic rings. The molecule has 0 aliphatic heterocycles. The normalized spacial score (nSPS) is 7.33. The Balaban J connectivity index is 3.10. The van der Waals surface area contributed by atoms with E-state index in [0.717, 1.165) is 0 Å². The van der Waals surface area contributed by atoms with E-state index in [2.05, 4.69) is 5.37 Å². The van der Waals surface area contributed by atoms with Gasteiger partial charge in [0.2, 0.25) is 0 Å². The average Bonchev–Trinajstić information content (AvgIpc) is 1.63. The monoisotopic (exact) mass is 326 g/mol. The Hall–Kier alpha value is -0.138. The predicted octanol–water partition coefficient (Wildman–Crippen LogP) is -0.353. The summed E-state index contributed by atoms with van der Waals surface area (Å²) in [7, 11) is 0. The number of hydrogen-bond donors (Lipinski definition) is 0. The van der Waals surface area contributed by atoms with Gasteiger partial charge in [0.25, 0.3) is 0 Å². The average molecular weight is 325 g/mol. The second-order valence-electron chi connectivity index (χ2n) is 1.27. The van der Waals surface area contributed by atoms with Crippen molar-refractivity contribution < 1.29 is 15.0 Å². The molecule has 0 bridgehead atoms.